The molecule has 1 aliphatic carbocycles. The van der Waals surface area contributed by atoms with Gasteiger partial charge < -0.3 is 5.32 Å². The SMILES string of the molecule is CCC(NC1CCCCCCC(CI)CCCC1)C(C)C. The fraction of sp³-hybridized carbons (Fsp3) is 1.00. The van der Waals surface area contributed by atoms with Gasteiger partial charge in [0.2, 0.25) is 0 Å². The minimum Gasteiger partial charge on any atom is -0.311 e. The summed E-state index contributed by atoms with van der Waals surface area (Å²) >= 11 is 2.60. The summed E-state index contributed by atoms with van der Waals surface area (Å²) in [7, 11) is 0. The van der Waals surface area contributed by atoms with Crippen LogP contribution in [0.1, 0.15) is 91.4 Å². The molecule has 0 aromatic heterocycles. The Hall–Kier alpha value is 0.690. The molecule has 0 heterocycles. The van der Waals surface area contributed by atoms with Crippen molar-refractivity contribution in [3.05, 3.63) is 0 Å². The van der Waals surface area contributed by atoms with Crippen molar-refractivity contribution in [1.29, 1.82) is 0 Å². The fourth-order valence-electron chi connectivity index (χ4n) is 3.70. The first kappa shape index (κ1) is 19.7. The molecule has 21 heavy (non-hydrogen) atoms. The van der Waals surface area contributed by atoms with Gasteiger partial charge in [-0.3, -0.25) is 0 Å². The molecule has 126 valence electrons. The van der Waals surface area contributed by atoms with Crippen LogP contribution in [0, 0.1) is 11.8 Å². The minimum absolute atomic E-state index is 0.713. The smallest absolute Gasteiger partial charge is 0.00900 e. The summed E-state index contributed by atoms with van der Waals surface area (Å²) in [5, 5.41) is 3.98. The van der Waals surface area contributed by atoms with Crippen LogP contribution in [0.25, 0.3) is 0 Å². The van der Waals surface area contributed by atoms with Gasteiger partial charge in [-0.25, -0.2) is 0 Å². The van der Waals surface area contributed by atoms with E-state index >= 15 is 0 Å². The molecule has 1 aliphatic rings. The largest absolute Gasteiger partial charge is 0.311 e. The van der Waals surface area contributed by atoms with Crippen molar-refractivity contribution < 1.29 is 0 Å². The van der Waals surface area contributed by atoms with E-state index in [1.54, 1.807) is 0 Å². The first-order chi connectivity index (χ1) is 10.2. The van der Waals surface area contributed by atoms with Gasteiger partial charge in [0.1, 0.15) is 0 Å². The standard InChI is InChI=1S/C19H38IN/c1-4-19(16(2)3)21-18-13-8-6-5-7-11-17(15-20)12-9-10-14-18/h16-19,21H,4-15H2,1-3H3. The van der Waals surface area contributed by atoms with Crippen LogP contribution < -0.4 is 5.32 Å². The van der Waals surface area contributed by atoms with E-state index in [9.17, 15) is 0 Å². The van der Waals surface area contributed by atoms with Crippen molar-refractivity contribution in [3.63, 3.8) is 0 Å². The Morgan fingerprint density at radius 2 is 1.43 bits per heavy atom. The van der Waals surface area contributed by atoms with Gasteiger partial charge in [-0.1, -0.05) is 81.9 Å². The second-order valence-corrected chi connectivity index (χ2v) is 8.30. The Labute approximate surface area is 147 Å². The molecular formula is C19H38IN. The van der Waals surface area contributed by atoms with Crippen LogP contribution in [0.5, 0.6) is 0 Å². The van der Waals surface area contributed by atoms with Gasteiger partial charge in [-0.05, 0) is 43.9 Å². The summed E-state index contributed by atoms with van der Waals surface area (Å²) in [6.45, 7) is 7.06. The van der Waals surface area contributed by atoms with Gasteiger partial charge in [0.05, 0.1) is 0 Å². The van der Waals surface area contributed by atoms with Gasteiger partial charge in [-0.2, -0.15) is 0 Å². The van der Waals surface area contributed by atoms with Gasteiger partial charge in [0.15, 0.2) is 0 Å². The Kier molecular flexibility index (Phi) is 11.4. The third-order valence-electron chi connectivity index (χ3n) is 5.24. The third kappa shape index (κ3) is 8.78. The Balaban J connectivity index is 2.43. The molecule has 0 aliphatic heterocycles. The van der Waals surface area contributed by atoms with Crippen molar-refractivity contribution in [1.82, 2.24) is 5.32 Å². The normalized spacial score (nSPS) is 27.9. The van der Waals surface area contributed by atoms with E-state index in [-0.39, 0.29) is 0 Å². The molecule has 2 heteroatoms. The average Bonchev–Trinajstić information content (AvgIpc) is 2.46. The Bertz CT molecular complexity index is 242. The highest BCUT2D eigenvalue weighted by molar-refractivity contribution is 14.1. The van der Waals surface area contributed by atoms with Crippen molar-refractivity contribution in [2.45, 2.75) is 103 Å². The van der Waals surface area contributed by atoms with E-state index in [0.717, 1.165) is 17.9 Å². The van der Waals surface area contributed by atoms with Crippen molar-refractivity contribution >= 4 is 22.6 Å². The van der Waals surface area contributed by atoms with Gasteiger partial charge in [0.25, 0.3) is 0 Å². The Morgan fingerprint density at radius 1 is 0.905 bits per heavy atom. The van der Waals surface area contributed by atoms with Gasteiger partial charge in [0, 0.05) is 16.5 Å². The first-order valence-electron chi connectivity index (χ1n) is 9.49. The summed E-state index contributed by atoms with van der Waals surface area (Å²) in [5.41, 5.74) is 0. The lowest BCUT2D eigenvalue weighted by Crippen LogP contribution is -2.41. The number of hydrogen-bond donors (Lipinski definition) is 1. The number of nitrogens with one attached hydrogen (secondary N) is 1. The number of hydrogen-bond acceptors (Lipinski definition) is 1. The highest BCUT2D eigenvalue weighted by Crippen LogP contribution is 2.23. The van der Waals surface area contributed by atoms with Crippen LogP contribution in [-0.2, 0) is 0 Å². The summed E-state index contributed by atoms with van der Waals surface area (Å²) in [6.07, 6.45) is 15.7. The van der Waals surface area contributed by atoms with Crippen LogP contribution in [0.4, 0.5) is 0 Å². The van der Waals surface area contributed by atoms with Crippen LogP contribution in [0.3, 0.4) is 0 Å². The van der Waals surface area contributed by atoms with Gasteiger partial charge >= 0.3 is 0 Å². The zero-order valence-corrected chi connectivity index (χ0v) is 16.8. The predicted octanol–water partition coefficient (Wildman–Crippen LogP) is 6.35. The molecule has 1 fully saturated rings. The summed E-state index contributed by atoms with van der Waals surface area (Å²) in [4.78, 5) is 0. The molecule has 1 saturated carbocycles. The topological polar surface area (TPSA) is 12.0 Å². The van der Waals surface area contributed by atoms with E-state index in [2.05, 4.69) is 48.7 Å². The lowest BCUT2D eigenvalue weighted by Gasteiger charge is -2.28. The van der Waals surface area contributed by atoms with Crippen LogP contribution in [-0.4, -0.2) is 16.5 Å². The van der Waals surface area contributed by atoms with Crippen molar-refractivity contribution in [2.75, 3.05) is 4.43 Å². The van der Waals surface area contributed by atoms with E-state index in [4.69, 9.17) is 0 Å². The van der Waals surface area contributed by atoms with Crippen LogP contribution in [0.15, 0.2) is 0 Å². The fourth-order valence-corrected chi connectivity index (χ4v) is 4.58. The summed E-state index contributed by atoms with van der Waals surface area (Å²) in [5.74, 6) is 1.76. The van der Waals surface area contributed by atoms with Crippen LogP contribution in [0.2, 0.25) is 0 Å². The second kappa shape index (κ2) is 12.2. The number of rotatable bonds is 5. The van der Waals surface area contributed by atoms with Crippen molar-refractivity contribution in [2.24, 2.45) is 11.8 Å². The predicted molar refractivity (Wildman–Crippen MR) is 104 cm³/mol. The molecule has 3 unspecified atom stereocenters. The Morgan fingerprint density at radius 3 is 1.95 bits per heavy atom. The molecule has 0 aromatic rings. The molecule has 1 N–H and O–H groups in total. The van der Waals surface area contributed by atoms with E-state index in [1.165, 1.54) is 75.1 Å². The quantitative estimate of drug-likeness (QED) is 0.414. The third-order valence-corrected chi connectivity index (χ3v) is 6.49. The molecular weight excluding hydrogens is 369 g/mol. The average molecular weight is 407 g/mol. The highest BCUT2D eigenvalue weighted by atomic mass is 127. The first-order valence-corrected chi connectivity index (χ1v) is 11.0. The zero-order valence-electron chi connectivity index (χ0n) is 14.7. The molecule has 0 aromatic carbocycles. The zero-order chi connectivity index (χ0) is 15.5. The van der Waals surface area contributed by atoms with Crippen LogP contribution >= 0.6 is 22.6 Å². The molecule has 0 saturated heterocycles. The lowest BCUT2D eigenvalue weighted by molar-refractivity contribution is 0.305. The molecule has 3 atom stereocenters. The number of alkyl halides is 1. The second-order valence-electron chi connectivity index (χ2n) is 7.42. The summed E-state index contributed by atoms with van der Waals surface area (Å²) < 4.78 is 1.37. The molecule has 1 rings (SSSR count). The molecule has 1 nitrogen and oxygen atoms in total. The van der Waals surface area contributed by atoms with Gasteiger partial charge in [-0.15, -0.1) is 0 Å². The highest BCUT2D eigenvalue weighted by Gasteiger charge is 2.17. The monoisotopic (exact) mass is 407 g/mol. The lowest BCUT2D eigenvalue weighted by atomic mass is 9.92. The molecule has 0 bridgehead atoms. The number of halogens is 1. The maximum absolute atomic E-state index is 3.98. The molecule has 0 radical (unpaired) electrons. The van der Waals surface area contributed by atoms with E-state index in [1.807, 2.05) is 0 Å². The maximum atomic E-state index is 3.98. The minimum atomic E-state index is 0.713. The van der Waals surface area contributed by atoms with E-state index in [0.29, 0.717) is 6.04 Å². The summed E-state index contributed by atoms with van der Waals surface area (Å²) in [6, 6.07) is 1.49. The molecule has 0 spiro atoms. The van der Waals surface area contributed by atoms with Crippen molar-refractivity contribution in [3.8, 4) is 0 Å². The van der Waals surface area contributed by atoms with E-state index < -0.39 is 0 Å². The molecule has 0 amide bonds. The maximum Gasteiger partial charge on any atom is 0.00900 e.